The highest BCUT2D eigenvalue weighted by molar-refractivity contribution is 5.67. The van der Waals surface area contributed by atoms with Crippen LogP contribution in [0.3, 0.4) is 0 Å². The van der Waals surface area contributed by atoms with Crippen molar-refractivity contribution in [2.75, 3.05) is 0 Å². The Balaban J connectivity index is 2.12. The fraction of sp³-hybridized carbons (Fsp3) is 0.158. The van der Waals surface area contributed by atoms with Crippen LogP contribution >= 0.6 is 0 Å². The van der Waals surface area contributed by atoms with Crippen molar-refractivity contribution in [1.29, 1.82) is 0 Å². The van der Waals surface area contributed by atoms with E-state index in [0.29, 0.717) is 13.0 Å². The van der Waals surface area contributed by atoms with Gasteiger partial charge in [0.2, 0.25) is 6.54 Å². The quantitative estimate of drug-likeness (QED) is 0.691. The van der Waals surface area contributed by atoms with E-state index in [9.17, 15) is 4.79 Å². The maximum absolute atomic E-state index is 10.5. The van der Waals surface area contributed by atoms with Gasteiger partial charge in [0.05, 0.1) is 0 Å². The van der Waals surface area contributed by atoms with Crippen molar-refractivity contribution in [3.05, 3.63) is 82.2 Å². The number of hydrogen-bond donors (Lipinski definition) is 1. The summed E-state index contributed by atoms with van der Waals surface area (Å²) in [5.74, 6) is 5.39. The Hall–Kier alpha value is -3.04. The molecule has 0 spiro atoms. The van der Waals surface area contributed by atoms with Gasteiger partial charge in [-0.1, -0.05) is 42.2 Å². The Kier molecular flexibility index (Phi) is 5.35. The summed E-state index contributed by atoms with van der Waals surface area (Å²) in [6, 6.07) is 15.2. The average Bonchev–Trinajstić information content (AvgIpc) is 2.53. The summed E-state index contributed by atoms with van der Waals surface area (Å²) >= 11 is 0. The molecule has 108 valence electrons. The second-order valence-corrected chi connectivity index (χ2v) is 4.81. The fourth-order valence-corrected chi connectivity index (χ4v) is 2.01. The molecule has 0 aliphatic carbocycles. The molecule has 2 aromatic carbocycles. The number of aryl methyl sites for hydroxylation is 1. The Morgan fingerprint density at radius 3 is 2.50 bits per heavy atom. The molecule has 3 heteroatoms. The third kappa shape index (κ3) is 4.51. The van der Waals surface area contributed by atoms with E-state index in [1.54, 1.807) is 0 Å². The molecule has 3 nitrogen and oxygen atoms in total. The molecule has 0 unspecified atom stereocenters. The number of carboxylic acid groups (broad SMARTS) is 1. The zero-order valence-electron chi connectivity index (χ0n) is 12.0. The highest BCUT2D eigenvalue weighted by Gasteiger charge is 2.01. The fourth-order valence-electron chi connectivity index (χ4n) is 2.01. The summed E-state index contributed by atoms with van der Waals surface area (Å²) in [6.07, 6.45) is 0.659. The molecule has 0 aliphatic rings. The number of nitrogens with zero attached hydrogens (tertiary/aromatic N) is 1. The van der Waals surface area contributed by atoms with Gasteiger partial charge in [-0.15, -0.1) is 0 Å². The minimum absolute atomic E-state index is 0.134. The third-order valence-corrected chi connectivity index (χ3v) is 3.19. The van der Waals surface area contributed by atoms with Crippen LogP contribution in [0.5, 0.6) is 0 Å². The lowest BCUT2D eigenvalue weighted by molar-refractivity contribution is -0.136. The van der Waals surface area contributed by atoms with Crippen molar-refractivity contribution in [2.45, 2.75) is 19.4 Å². The normalized spacial score (nSPS) is 9.41. The molecule has 0 fully saturated rings. The molecule has 0 amide bonds. The molecule has 0 saturated carbocycles. The van der Waals surface area contributed by atoms with E-state index in [4.69, 9.17) is 11.7 Å². The Labute approximate surface area is 130 Å². The Morgan fingerprint density at radius 2 is 1.82 bits per heavy atom. The molecule has 0 atom stereocenters. The number of carboxylic acids is 1. The second-order valence-electron chi connectivity index (χ2n) is 4.81. The van der Waals surface area contributed by atoms with E-state index >= 15 is 0 Å². The molecule has 0 aliphatic heterocycles. The highest BCUT2D eigenvalue weighted by Crippen LogP contribution is 2.10. The summed E-state index contributed by atoms with van der Waals surface area (Å²) in [5, 5.41) is 8.67. The van der Waals surface area contributed by atoms with E-state index < -0.39 is 5.97 Å². The molecule has 0 saturated heterocycles. The maximum atomic E-state index is 10.5. The van der Waals surface area contributed by atoms with Crippen LogP contribution in [0.4, 0.5) is 0 Å². The van der Waals surface area contributed by atoms with Gasteiger partial charge < -0.3 is 9.95 Å². The molecular weight excluding hydrogens is 274 g/mol. The van der Waals surface area contributed by atoms with Crippen LogP contribution in [0, 0.1) is 18.4 Å². The first-order valence-electron chi connectivity index (χ1n) is 6.93. The van der Waals surface area contributed by atoms with Crippen molar-refractivity contribution in [1.82, 2.24) is 0 Å². The van der Waals surface area contributed by atoms with Crippen LogP contribution in [-0.2, 0) is 17.8 Å². The van der Waals surface area contributed by atoms with Gasteiger partial charge in [0, 0.05) is 23.1 Å². The number of aliphatic carboxylic acids is 1. The first-order valence-corrected chi connectivity index (χ1v) is 6.93. The molecule has 0 aromatic heterocycles. The standard InChI is InChI=1S/C19H15NO2/c1-20-14-18-5-3-2-4-17(18)12-10-15-6-8-16(9-7-15)11-13-19(21)22/h2-9H,11,13-14H2,(H,21,22). The monoisotopic (exact) mass is 289 g/mol. The third-order valence-electron chi connectivity index (χ3n) is 3.19. The first-order chi connectivity index (χ1) is 10.7. The Bertz CT molecular complexity index is 759. The largest absolute Gasteiger partial charge is 0.481 e. The van der Waals surface area contributed by atoms with Gasteiger partial charge >= 0.3 is 5.97 Å². The molecule has 0 bridgehead atoms. The molecule has 2 aromatic rings. The number of benzene rings is 2. The number of carbonyl (C=O) groups is 1. The lowest BCUT2D eigenvalue weighted by atomic mass is 10.1. The SMILES string of the molecule is [C-]#[N+]Cc1ccccc1C#Cc1ccc(CCC(=O)O)cc1. The zero-order valence-corrected chi connectivity index (χ0v) is 12.0. The van der Waals surface area contributed by atoms with Crippen molar-refractivity contribution in [3.8, 4) is 11.8 Å². The van der Waals surface area contributed by atoms with Crippen LogP contribution in [0.1, 0.15) is 28.7 Å². The van der Waals surface area contributed by atoms with E-state index in [0.717, 1.165) is 22.3 Å². The summed E-state index contributed by atoms with van der Waals surface area (Å²) in [5.41, 5.74) is 3.66. The highest BCUT2D eigenvalue weighted by atomic mass is 16.4. The van der Waals surface area contributed by atoms with Gasteiger partial charge in [-0.05, 0) is 30.2 Å². The molecule has 22 heavy (non-hydrogen) atoms. The second kappa shape index (κ2) is 7.67. The summed E-state index contributed by atoms with van der Waals surface area (Å²) in [4.78, 5) is 13.9. The van der Waals surface area contributed by atoms with E-state index in [-0.39, 0.29) is 6.42 Å². The molecular formula is C19H15NO2. The van der Waals surface area contributed by atoms with Crippen LogP contribution < -0.4 is 0 Å². The minimum Gasteiger partial charge on any atom is -0.481 e. The lowest BCUT2D eigenvalue weighted by Crippen LogP contribution is -1.97. The molecule has 0 radical (unpaired) electrons. The summed E-state index contributed by atoms with van der Waals surface area (Å²) in [7, 11) is 0. The van der Waals surface area contributed by atoms with Gasteiger partial charge in [0.1, 0.15) is 0 Å². The van der Waals surface area contributed by atoms with Crippen LogP contribution in [0.25, 0.3) is 4.85 Å². The van der Waals surface area contributed by atoms with Gasteiger partial charge in [-0.3, -0.25) is 4.79 Å². The molecule has 1 N–H and O–H groups in total. The zero-order chi connectivity index (χ0) is 15.8. The first kappa shape index (κ1) is 15.4. The molecule has 0 heterocycles. The lowest BCUT2D eigenvalue weighted by Gasteiger charge is -1.99. The van der Waals surface area contributed by atoms with Crippen molar-refractivity contribution in [2.24, 2.45) is 0 Å². The van der Waals surface area contributed by atoms with E-state index in [2.05, 4.69) is 16.7 Å². The topological polar surface area (TPSA) is 41.7 Å². The van der Waals surface area contributed by atoms with Gasteiger partial charge in [-0.2, -0.15) is 0 Å². The summed E-state index contributed by atoms with van der Waals surface area (Å²) in [6.45, 7) is 7.29. The van der Waals surface area contributed by atoms with Crippen molar-refractivity contribution in [3.63, 3.8) is 0 Å². The van der Waals surface area contributed by atoms with Gasteiger partial charge in [-0.25, -0.2) is 6.57 Å². The average molecular weight is 289 g/mol. The van der Waals surface area contributed by atoms with E-state index in [1.165, 1.54) is 0 Å². The van der Waals surface area contributed by atoms with Crippen LogP contribution in [0.15, 0.2) is 48.5 Å². The minimum atomic E-state index is -0.791. The van der Waals surface area contributed by atoms with Crippen molar-refractivity contribution < 1.29 is 9.90 Å². The Morgan fingerprint density at radius 1 is 1.09 bits per heavy atom. The maximum Gasteiger partial charge on any atom is 0.303 e. The number of rotatable bonds is 4. The van der Waals surface area contributed by atoms with Crippen molar-refractivity contribution >= 4 is 5.97 Å². The van der Waals surface area contributed by atoms with Gasteiger partial charge in [0.15, 0.2) is 0 Å². The predicted octanol–water partition coefficient (Wildman–Crippen LogP) is 3.52. The summed E-state index contributed by atoms with van der Waals surface area (Å²) < 4.78 is 0. The van der Waals surface area contributed by atoms with Gasteiger partial charge in [0.25, 0.3) is 0 Å². The van der Waals surface area contributed by atoms with E-state index in [1.807, 2.05) is 48.5 Å². The van der Waals surface area contributed by atoms with Crippen LogP contribution in [-0.4, -0.2) is 11.1 Å². The smallest absolute Gasteiger partial charge is 0.303 e. The predicted molar refractivity (Wildman–Crippen MR) is 85.1 cm³/mol. The van der Waals surface area contributed by atoms with Crippen LogP contribution in [0.2, 0.25) is 0 Å². The number of hydrogen-bond acceptors (Lipinski definition) is 1. The molecule has 2 rings (SSSR count).